The van der Waals surface area contributed by atoms with E-state index in [9.17, 15) is 10.1 Å². The van der Waals surface area contributed by atoms with Crippen molar-refractivity contribution >= 4 is 19.0 Å². The van der Waals surface area contributed by atoms with E-state index in [2.05, 4.69) is 4.90 Å². The summed E-state index contributed by atoms with van der Waals surface area (Å²) in [6.07, 6.45) is 0.854. The molecule has 4 nitrogen and oxygen atoms in total. The molecule has 1 aliphatic heterocycles. The van der Waals surface area contributed by atoms with Gasteiger partial charge in [0, 0.05) is 19.2 Å². The second-order valence-electron chi connectivity index (χ2n) is 3.92. The summed E-state index contributed by atoms with van der Waals surface area (Å²) in [7, 11) is 7.66. The summed E-state index contributed by atoms with van der Waals surface area (Å²) in [5, 5.41) is 10.7. The number of likely N-dealkylation sites (N-methyl/N-ethyl adjacent to an activating group) is 1. The van der Waals surface area contributed by atoms with Crippen molar-refractivity contribution in [3.8, 4) is 0 Å². The molecule has 2 radical (unpaired) electrons. The van der Waals surface area contributed by atoms with Gasteiger partial charge in [-0.25, -0.2) is 0 Å². The van der Waals surface area contributed by atoms with Crippen LogP contribution in [0.1, 0.15) is 11.1 Å². The van der Waals surface area contributed by atoms with E-state index in [4.69, 9.17) is 7.85 Å². The lowest BCUT2D eigenvalue weighted by molar-refractivity contribution is -0.383. The Hall–Kier alpha value is -1.36. The normalized spacial score (nSPS) is 16.1. The third kappa shape index (κ3) is 1.87. The Morgan fingerprint density at radius 1 is 1.47 bits per heavy atom. The maximum absolute atomic E-state index is 10.7. The van der Waals surface area contributed by atoms with E-state index in [1.54, 1.807) is 12.1 Å². The molecule has 76 valence electrons. The Labute approximate surface area is 89.4 Å². The molecule has 0 saturated carbocycles. The predicted molar refractivity (Wildman–Crippen MR) is 58.5 cm³/mol. The fraction of sp³-hybridized carbons (Fsp3) is 0.400. The van der Waals surface area contributed by atoms with Crippen molar-refractivity contribution in [2.45, 2.75) is 13.0 Å². The van der Waals surface area contributed by atoms with Crippen LogP contribution in [0.2, 0.25) is 0 Å². The fourth-order valence-electron chi connectivity index (χ4n) is 1.91. The Balaban J connectivity index is 2.46. The summed E-state index contributed by atoms with van der Waals surface area (Å²) in [5.74, 6) is 0. The quantitative estimate of drug-likeness (QED) is 0.375. The summed E-state index contributed by atoms with van der Waals surface area (Å²) >= 11 is 0. The highest BCUT2D eigenvalue weighted by Crippen LogP contribution is 2.21. The van der Waals surface area contributed by atoms with E-state index in [1.165, 1.54) is 0 Å². The number of rotatable bonds is 1. The summed E-state index contributed by atoms with van der Waals surface area (Å²) < 4.78 is 0. The first-order valence-corrected chi connectivity index (χ1v) is 4.82. The van der Waals surface area contributed by atoms with Crippen LogP contribution in [0.4, 0.5) is 5.69 Å². The van der Waals surface area contributed by atoms with Crippen molar-refractivity contribution in [2.24, 2.45) is 0 Å². The zero-order valence-corrected chi connectivity index (χ0v) is 8.56. The van der Waals surface area contributed by atoms with Crippen LogP contribution in [0, 0.1) is 10.1 Å². The third-order valence-corrected chi connectivity index (χ3v) is 2.75. The van der Waals surface area contributed by atoms with E-state index in [0.717, 1.165) is 30.6 Å². The number of nitro benzene ring substituents is 1. The van der Waals surface area contributed by atoms with Gasteiger partial charge in [-0.05, 0) is 30.1 Å². The highest BCUT2D eigenvalue weighted by Gasteiger charge is 2.18. The SMILES string of the molecule is [B]c1cc2c(cc1[N+](=O)[O-])CCN(C)C2. The van der Waals surface area contributed by atoms with Crippen molar-refractivity contribution in [3.63, 3.8) is 0 Å². The summed E-state index contributed by atoms with van der Waals surface area (Å²) in [4.78, 5) is 12.4. The Morgan fingerprint density at radius 3 is 2.87 bits per heavy atom. The maximum Gasteiger partial charge on any atom is 0.262 e. The lowest BCUT2D eigenvalue weighted by Gasteiger charge is -2.25. The van der Waals surface area contributed by atoms with Crippen LogP contribution in [0.25, 0.3) is 0 Å². The van der Waals surface area contributed by atoms with Crippen LogP contribution >= 0.6 is 0 Å². The van der Waals surface area contributed by atoms with Crippen molar-refractivity contribution in [1.29, 1.82) is 0 Å². The molecule has 0 amide bonds. The lowest BCUT2D eigenvalue weighted by Crippen LogP contribution is -2.28. The average Bonchev–Trinajstić information content (AvgIpc) is 2.15. The Bertz CT molecular complexity index is 420. The first kappa shape index (κ1) is 10.2. The van der Waals surface area contributed by atoms with E-state index >= 15 is 0 Å². The second-order valence-corrected chi connectivity index (χ2v) is 3.92. The summed E-state index contributed by atoms with van der Waals surface area (Å²) in [5.41, 5.74) is 2.44. The van der Waals surface area contributed by atoms with E-state index < -0.39 is 4.92 Å². The van der Waals surface area contributed by atoms with Gasteiger partial charge >= 0.3 is 0 Å². The molecular weight excluding hydrogens is 191 g/mol. The van der Waals surface area contributed by atoms with Gasteiger partial charge in [-0.15, -0.1) is 0 Å². The third-order valence-electron chi connectivity index (χ3n) is 2.75. The summed E-state index contributed by atoms with van der Waals surface area (Å²) in [6.45, 7) is 1.76. The van der Waals surface area contributed by atoms with Gasteiger partial charge in [-0.1, -0.05) is 6.07 Å². The Morgan fingerprint density at radius 2 is 2.20 bits per heavy atom. The molecule has 0 unspecified atom stereocenters. The zero-order valence-electron chi connectivity index (χ0n) is 8.56. The molecule has 0 atom stereocenters. The van der Waals surface area contributed by atoms with Gasteiger partial charge in [-0.2, -0.15) is 0 Å². The first-order valence-electron chi connectivity index (χ1n) is 4.82. The number of fused-ring (bicyclic) bond motifs is 1. The molecule has 1 heterocycles. The summed E-state index contributed by atoms with van der Waals surface area (Å²) in [6, 6.07) is 3.33. The highest BCUT2D eigenvalue weighted by atomic mass is 16.6. The molecule has 0 bridgehead atoms. The molecule has 0 saturated heterocycles. The van der Waals surface area contributed by atoms with E-state index in [1.807, 2.05) is 7.05 Å². The number of nitrogens with zero attached hydrogens (tertiary/aromatic N) is 2. The highest BCUT2D eigenvalue weighted by molar-refractivity contribution is 6.35. The van der Waals surface area contributed by atoms with Gasteiger partial charge in [0.2, 0.25) is 0 Å². The minimum atomic E-state index is -0.423. The standard InChI is InChI=1S/C10H11BN2O2/c1-12-3-2-7-5-10(13(14)15)9(11)4-8(7)6-12/h4-5H,2-3,6H2,1H3. The monoisotopic (exact) mass is 202 g/mol. The largest absolute Gasteiger partial charge is 0.302 e. The van der Waals surface area contributed by atoms with Crippen molar-refractivity contribution in [3.05, 3.63) is 33.4 Å². The second kappa shape index (κ2) is 3.66. The Kier molecular flexibility index (Phi) is 2.48. The van der Waals surface area contributed by atoms with Crippen molar-refractivity contribution in [2.75, 3.05) is 13.6 Å². The maximum atomic E-state index is 10.7. The van der Waals surface area contributed by atoms with E-state index in [0.29, 0.717) is 0 Å². The number of hydrogen-bond donors (Lipinski definition) is 0. The smallest absolute Gasteiger partial charge is 0.262 e. The van der Waals surface area contributed by atoms with Gasteiger partial charge in [0.05, 0.1) is 4.92 Å². The van der Waals surface area contributed by atoms with Crippen LogP contribution < -0.4 is 5.46 Å². The van der Waals surface area contributed by atoms with Crippen molar-refractivity contribution in [1.82, 2.24) is 4.90 Å². The first-order chi connectivity index (χ1) is 7.08. The molecule has 0 N–H and O–H groups in total. The molecule has 0 aromatic heterocycles. The van der Waals surface area contributed by atoms with Crippen LogP contribution in [-0.2, 0) is 13.0 Å². The van der Waals surface area contributed by atoms with Crippen molar-refractivity contribution < 1.29 is 4.92 Å². The lowest BCUT2D eigenvalue weighted by atomic mass is 9.87. The number of nitro groups is 1. The zero-order chi connectivity index (χ0) is 11.0. The molecule has 0 aliphatic carbocycles. The van der Waals surface area contributed by atoms with Crippen LogP contribution in [0.5, 0.6) is 0 Å². The van der Waals surface area contributed by atoms with Crippen LogP contribution in [0.15, 0.2) is 12.1 Å². The molecule has 1 aromatic carbocycles. The molecule has 0 fully saturated rings. The van der Waals surface area contributed by atoms with Gasteiger partial charge in [0.1, 0.15) is 7.85 Å². The number of hydrogen-bond acceptors (Lipinski definition) is 3. The van der Waals surface area contributed by atoms with E-state index in [-0.39, 0.29) is 11.2 Å². The van der Waals surface area contributed by atoms with Crippen LogP contribution in [-0.4, -0.2) is 31.3 Å². The molecule has 1 aromatic rings. The molecule has 0 spiro atoms. The van der Waals surface area contributed by atoms with Crippen LogP contribution in [0.3, 0.4) is 0 Å². The number of benzene rings is 1. The molecular formula is C10H11BN2O2. The molecule has 1 aliphatic rings. The predicted octanol–water partition coefficient (Wildman–Crippen LogP) is 0.376. The van der Waals surface area contributed by atoms with Gasteiger partial charge in [0.15, 0.2) is 0 Å². The van der Waals surface area contributed by atoms with Gasteiger partial charge in [0.25, 0.3) is 5.69 Å². The van der Waals surface area contributed by atoms with Gasteiger partial charge < -0.3 is 4.90 Å². The topological polar surface area (TPSA) is 46.4 Å². The average molecular weight is 202 g/mol. The minimum Gasteiger partial charge on any atom is -0.302 e. The molecule has 2 rings (SSSR count). The fourth-order valence-corrected chi connectivity index (χ4v) is 1.91. The van der Waals surface area contributed by atoms with Gasteiger partial charge in [-0.3, -0.25) is 10.1 Å². The molecule has 15 heavy (non-hydrogen) atoms. The molecule has 5 heteroatoms. The minimum absolute atomic E-state index is 0.0262.